The fraction of sp³-hybridized carbons (Fsp3) is 0.217. The lowest BCUT2D eigenvalue weighted by Gasteiger charge is -2.09. The summed E-state index contributed by atoms with van der Waals surface area (Å²) in [6, 6.07) is 18.1. The van der Waals surface area contributed by atoms with Gasteiger partial charge < -0.3 is 4.74 Å². The monoisotopic (exact) mass is 334 g/mol. The van der Waals surface area contributed by atoms with E-state index >= 15 is 0 Å². The fourth-order valence-corrected chi connectivity index (χ4v) is 2.95. The van der Waals surface area contributed by atoms with E-state index in [1.807, 2.05) is 43.3 Å². The van der Waals surface area contributed by atoms with Crippen LogP contribution in [0, 0.1) is 5.82 Å². The van der Waals surface area contributed by atoms with Gasteiger partial charge in [-0.05, 0) is 47.6 Å². The van der Waals surface area contributed by atoms with Gasteiger partial charge in [0, 0.05) is 5.39 Å². The number of ether oxygens (including phenoxy) is 1. The normalized spacial score (nSPS) is 11.3. The quantitative estimate of drug-likeness (QED) is 0.464. The SMILES string of the molecule is CC=CCOc1ccc2cc(-c3ccc(CCC)cc3)ccc2c1F. The highest BCUT2D eigenvalue weighted by Crippen LogP contribution is 2.30. The van der Waals surface area contributed by atoms with E-state index in [1.54, 1.807) is 6.07 Å². The van der Waals surface area contributed by atoms with Gasteiger partial charge in [-0.1, -0.05) is 68.0 Å². The maximum Gasteiger partial charge on any atom is 0.172 e. The first-order valence-electron chi connectivity index (χ1n) is 8.78. The largest absolute Gasteiger partial charge is 0.486 e. The second kappa shape index (κ2) is 7.98. The van der Waals surface area contributed by atoms with Crippen molar-refractivity contribution in [2.45, 2.75) is 26.7 Å². The Labute approximate surface area is 148 Å². The summed E-state index contributed by atoms with van der Waals surface area (Å²) < 4.78 is 20.1. The average molecular weight is 334 g/mol. The Morgan fingerprint density at radius 2 is 1.72 bits per heavy atom. The topological polar surface area (TPSA) is 9.23 Å². The summed E-state index contributed by atoms with van der Waals surface area (Å²) in [7, 11) is 0. The van der Waals surface area contributed by atoms with Crippen LogP contribution in [0.3, 0.4) is 0 Å². The molecule has 1 nitrogen and oxygen atoms in total. The maximum absolute atomic E-state index is 14.6. The summed E-state index contributed by atoms with van der Waals surface area (Å²) in [4.78, 5) is 0. The van der Waals surface area contributed by atoms with Crippen LogP contribution in [0.2, 0.25) is 0 Å². The predicted molar refractivity (Wildman–Crippen MR) is 104 cm³/mol. The number of halogens is 1. The van der Waals surface area contributed by atoms with Gasteiger partial charge in [-0.15, -0.1) is 0 Å². The molecule has 0 atom stereocenters. The van der Waals surface area contributed by atoms with E-state index < -0.39 is 0 Å². The zero-order valence-corrected chi connectivity index (χ0v) is 14.8. The van der Waals surface area contributed by atoms with Crippen molar-refractivity contribution < 1.29 is 9.13 Å². The molecule has 0 fully saturated rings. The number of allylic oxidation sites excluding steroid dienone is 1. The van der Waals surface area contributed by atoms with Crippen LogP contribution in [0.25, 0.3) is 21.9 Å². The third kappa shape index (κ3) is 3.90. The van der Waals surface area contributed by atoms with E-state index in [0.717, 1.165) is 29.4 Å². The van der Waals surface area contributed by atoms with Crippen molar-refractivity contribution in [2.75, 3.05) is 6.61 Å². The third-order valence-electron chi connectivity index (χ3n) is 4.32. The minimum atomic E-state index is -0.299. The van der Waals surface area contributed by atoms with E-state index in [9.17, 15) is 4.39 Å². The summed E-state index contributed by atoms with van der Waals surface area (Å²) in [5.74, 6) is -0.00545. The highest BCUT2D eigenvalue weighted by molar-refractivity contribution is 5.89. The Hall–Kier alpha value is -2.61. The summed E-state index contributed by atoms with van der Waals surface area (Å²) in [5, 5.41) is 1.47. The molecule has 128 valence electrons. The molecule has 0 aliphatic carbocycles. The van der Waals surface area contributed by atoms with Gasteiger partial charge in [0.25, 0.3) is 0 Å². The first-order chi connectivity index (χ1) is 12.2. The molecular formula is C23H23FO. The number of fused-ring (bicyclic) bond motifs is 1. The molecule has 0 saturated heterocycles. The number of hydrogen-bond acceptors (Lipinski definition) is 1. The van der Waals surface area contributed by atoms with Gasteiger partial charge in [-0.3, -0.25) is 0 Å². The molecule has 3 aromatic rings. The Bertz CT molecular complexity index is 878. The van der Waals surface area contributed by atoms with Gasteiger partial charge in [0.15, 0.2) is 11.6 Å². The van der Waals surface area contributed by atoms with Gasteiger partial charge >= 0.3 is 0 Å². The van der Waals surface area contributed by atoms with Gasteiger partial charge in [-0.2, -0.15) is 0 Å². The minimum absolute atomic E-state index is 0.294. The zero-order valence-electron chi connectivity index (χ0n) is 14.8. The molecule has 0 aliphatic rings. The standard InChI is InChI=1S/C23H23FO/c1-3-5-15-25-22-14-12-20-16-19(11-13-21(20)23(22)24)18-9-7-17(6-4-2)8-10-18/h3,5,7-14,16H,4,6,15H2,1-2H3. The molecule has 3 rings (SSSR count). The summed E-state index contributed by atoms with van der Waals surface area (Å²) >= 11 is 0. The van der Waals surface area contributed by atoms with Crippen LogP contribution < -0.4 is 4.74 Å². The van der Waals surface area contributed by atoms with Crippen molar-refractivity contribution >= 4 is 10.8 Å². The molecule has 0 amide bonds. The summed E-state index contributed by atoms with van der Waals surface area (Å²) in [6.07, 6.45) is 5.98. The molecule has 0 N–H and O–H groups in total. The Morgan fingerprint density at radius 1 is 0.960 bits per heavy atom. The van der Waals surface area contributed by atoms with Crippen LogP contribution in [-0.2, 0) is 6.42 Å². The molecule has 0 spiro atoms. The predicted octanol–water partition coefficient (Wildman–Crippen LogP) is 6.55. The van der Waals surface area contributed by atoms with Gasteiger partial charge in [0.05, 0.1) is 0 Å². The summed E-state index contributed by atoms with van der Waals surface area (Å²) in [5.41, 5.74) is 3.59. The maximum atomic E-state index is 14.6. The van der Waals surface area contributed by atoms with Crippen LogP contribution in [-0.4, -0.2) is 6.61 Å². The van der Waals surface area contributed by atoms with Crippen molar-refractivity contribution in [2.24, 2.45) is 0 Å². The van der Waals surface area contributed by atoms with Crippen molar-refractivity contribution in [3.63, 3.8) is 0 Å². The van der Waals surface area contributed by atoms with Crippen LogP contribution in [0.5, 0.6) is 5.75 Å². The van der Waals surface area contributed by atoms with Gasteiger partial charge in [0.1, 0.15) is 6.61 Å². The average Bonchev–Trinajstić information content (AvgIpc) is 2.64. The molecule has 2 heteroatoms. The highest BCUT2D eigenvalue weighted by Gasteiger charge is 2.09. The lowest BCUT2D eigenvalue weighted by molar-refractivity contribution is 0.343. The van der Waals surface area contributed by atoms with Crippen molar-refractivity contribution in [3.8, 4) is 16.9 Å². The molecule has 0 radical (unpaired) electrons. The molecule has 25 heavy (non-hydrogen) atoms. The first-order valence-corrected chi connectivity index (χ1v) is 8.78. The van der Waals surface area contributed by atoms with Gasteiger partial charge in [0.2, 0.25) is 0 Å². The van der Waals surface area contributed by atoms with Crippen LogP contribution in [0.15, 0.2) is 66.7 Å². The Balaban J connectivity index is 1.91. The van der Waals surface area contributed by atoms with Crippen molar-refractivity contribution in [1.29, 1.82) is 0 Å². The third-order valence-corrected chi connectivity index (χ3v) is 4.32. The molecule has 0 aliphatic heterocycles. The number of hydrogen-bond donors (Lipinski definition) is 0. The van der Waals surface area contributed by atoms with Crippen LogP contribution >= 0.6 is 0 Å². The molecule has 3 aromatic carbocycles. The van der Waals surface area contributed by atoms with E-state index in [0.29, 0.717) is 17.7 Å². The van der Waals surface area contributed by atoms with Gasteiger partial charge in [-0.25, -0.2) is 4.39 Å². The lowest BCUT2D eigenvalue weighted by Crippen LogP contribution is -1.96. The van der Waals surface area contributed by atoms with Crippen molar-refractivity contribution in [1.82, 2.24) is 0 Å². The van der Waals surface area contributed by atoms with E-state index in [-0.39, 0.29) is 5.82 Å². The van der Waals surface area contributed by atoms with E-state index in [1.165, 1.54) is 5.56 Å². The van der Waals surface area contributed by atoms with Crippen molar-refractivity contribution in [3.05, 3.63) is 78.1 Å². The Morgan fingerprint density at radius 3 is 2.44 bits per heavy atom. The summed E-state index contributed by atoms with van der Waals surface area (Å²) in [6.45, 7) is 4.47. The van der Waals surface area contributed by atoms with E-state index in [2.05, 4.69) is 31.2 Å². The molecule has 0 aromatic heterocycles. The number of aryl methyl sites for hydroxylation is 1. The second-order valence-corrected chi connectivity index (χ2v) is 6.14. The fourth-order valence-electron chi connectivity index (χ4n) is 2.95. The van der Waals surface area contributed by atoms with Crippen LogP contribution in [0.1, 0.15) is 25.8 Å². The molecular weight excluding hydrogens is 311 g/mol. The zero-order chi connectivity index (χ0) is 17.6. The molecule has 0 heterocycles. The number of benzene rings is 3. The highest BCUT2D eigenvalue weighted by atomic mass is 19.1. The minimum Gasteiger partial charge on any atom is -0.486 e. The Kier molecular flexibility index (Phi) is 5.49. The smallest absolute Gasteiger partial charge is 0.172 e. The molecule has 0 unspecified atom stereocenters. The molecule has 0 bridgehead atoms. The number of rotatable bonds is 6. The second-order valence-electron chi connectivity index (χ2n) is 6.14. The first kappa shape index (κ1) is 17.2. The van der Waals surface area contributed by atoms with Crippen LogP contribution in [0.4, 0.5) is 4.39 Å². The van der Waals surface area contributed by atoms with E-state index in [4.69, 9.17) is 4.74 Å². The molecule has 0 saturated carbocycles. The lowest BCUT2D eigenvalue weighted by atomic mass is 9.99.